The maximum absolute atomic E-state index is 12.4. The summed E-state index contributed by atoms with van der Waals surface area (Å²) in [5, 5.41) is 0. The van der Waals surface area contributed by atoms with Gasteiger partial charge in [-0.3, -0.25) is 9.59 Å². The molecule has 0 aromatic carbocycles. The Kier molecular flexibility index (Phi) is 13.8. The highest BCUT2D eigenvalue weighted by atomic mass is 16.5. The number of unbranched alkanes of at least 4 members (excludes halogenated alkanes) is 9. The molecule has 0 fully saturated rings. The van der Waals surface area contributed by atoms with E-state index in [9.17, 15) is 9.59 Å². The molecular formula is C23H40O4. The normalized spacial score (nSPS) is 19.0. The first-order valence-corrected chi connectivity index (χ1v) is 11.2. The van der Waals surface area contributed by atoms with E-state index in [-0.39, 0.29) is 23.8 Å². The summed E-state index contributed by atoms with van der Waals surface area (Å²) in [6.45, 7) is 5.26. The van der Waals surface area contributed by atoms with Gasteiger partial charge in [0.15, 0.2) is 0 Å². The van der Waals surface area contributed by atoms with Crippen LogP contribution in [0.4, 0.5) is 0 Å². The van der Waals surface area contributed by atoms with Gasteiger partial charge in [0.1, 0.15) is 0 Å². The molecule has 2 unspecified atom stereocenters. The van der Waals surface area contributed by atoms with Crippen molar-refractivity contribution in [1.82, 2.24) is 0 Å². The molecule has 0 spiro atoms. The molecule has 2 atom stereocenters. The molecule has 0 aromatic heterocycles. The SMILES string of the molecule is CCCCCCCCCCOC(=O)C1CC=CCC1C(=O)OCCCCC. The molecule has 1 rings (SSSR count). The predicted molar refractivity (Wildman–Crippen MR) is 109 cm³/mol. The first-order chi connectivity index (χ1) is 13.2. The molecule has 0 radical (unpaired) electrons. The minimum absolute atomic E-state index is 0.238. The minimum Gasteiger partial charge on any atom is -0.465 e. The first kappa shape index (κ1) is 23.7. The van der Waals surface area contributed by atoms with Crippen LogP contribution in [0.25, 0.3) is 0 Å². The second-order valence-corrected chi connectivity index (χ2v) is 7.67. The van der Waals surface area contributed by atoms with Crippen LogP contribution in [0, 0.1) is 11.8 Å². The third-order valence-corrected chi connectivity index (χ3v) is 5.27. The zero-order valence-corrected chi connectivity index (χ0v) is 17.5. The summed E-state index contributed by atoms with van der Waals surface area (Å²) in [7, 11) is 0. The molecule has 1 aliphatic carbocycles. The summed E-state index contributed by atoms with van der Waals surface area (Å²) < 4.78 is 10.9. The lowest BCUT2D eigenvalue weighted by atomic mass is 9.83. The maximum atomic E-state index is 12.4. The quantitative estimate of drug-likeness (QED) is 0.199. The molecule has 0 saturated heterocycles. The van der Waals surface area contributed by atoms with E-state index < -0.39 is 0 Å². The van der Waals surface area contributed by atoms with Crippen molar-refractivity contribution in [2.45, 2.75) is 97.3 Å². The van der Waals surface area contributed by atoms with Crippen LogP contribution in [0.2, 0.25) is 0 Å². The van der Waals surface area contributed by atoms with Gasteiger partial charge in [0.05, 0.1) is 25.0 Å². The fourth-order valence-corrected chi connectivity index (χ4v) is 3.48. The Morgan fingerprint density at radius 3 is 1.52 bits per heavy atom. The van der Waals surface area contributed by atoms with E-state index in [1.807, 2.05) is 12.2 Å². The van der Waals surface area contributed by atoms with Crippen LogP contribution in [0.15, 0.2) is 12.2 Å². The third kappa shape index (κ3) is 10.6. The number of carbonyl (C=O) groups is 2. The van der Waals surface area contributed by atoms with Gasteiger partial charge in [-0.15, -0.1) is 0 Å². The number of carbonyl (C=O) groups excluding carboxylic acids is 2. The lowest BCUT2D eigenvalue weighted by Crippen LogP contribution is -2.34. The second kappa shape index (κ2) is 15.7. The van der Waals surface area contributed by atoms with E-state index in [0.29, 0.717) is 26.1 Å². The summed E-state index contributed by atoms with van der Waals surface area (Å²) in [4.78, 5) is 24.8. The Morgan fingerprint density at radius 1 is 0.667 bits per heavy atom. The zero-order chi connectivity index (χ0) is 19.7. The standard InChI is InChI=1S/C23H40O4/c1-3-5-7-8-9-10-11-15-19-27-23(25)21-17-13-12-16-20(21)22(24)26-18-14-6-4-2/h12-13,20-21H,3-11,14-19H2,1-2H3. The molecule has 0 bridgehead atoms. The number of allylic oxidation sites excluding steroid dienone is 2. The lowest BCUT2D eigenvalue weighted by Gasteiger charge is -2.25. The first-order valence-electron chi connectivity index (χ1n) is 11.2. The average molecular weight is 381 g/mol. The topological polar surface area (TPSA) is 52.6 Å². The Bertz CT molecular complexity index is 430. The molecule has 27 heavy (non-hydrogen) atoms. The monoisotopic (exact) mass is 380 g/mol. The largest absolute Gasteiger partial charge is 0.465 e. The summed E-state index contributed by atoms with van der Waals surface area (Å²) in [6, 6.07) is 0. The minimum atomic E-state index is -0.386. The molecule has 4 nitrogen and oxygen atoms in total. The molecule has 0 N–H and O–H groups in total. The van der Waals surface area contributed by atoms with Gasteiger partial charge in [-0.25, -0.2) is 0 Å². The van der Waals surface area contributed by atoms with Gasteiger partial charge < -0.3 is 9.47 Å². The van der Waals surface area contributed by atoms with Gasteiger partial charge >= 0.3 is 11.9 Å². The van der Waals surface area contributed by atoms with Crippen LogP contribution >= 0.6 is 0 Å². The number of rotatable bonds is 15. The fourth-order valence-electron chi connectivity index (χ4n) is 3.48. The highest BCUT2D eigenvalue weighted by Gasteiger charge is 2.36. The Labute approximate surface area is 166 Å². The van der Waals surface area contributed by atoms with Crippen LogP contribution in [0.1, 0.15) is 97.3 Å². The molecule has 0 heterocycles. The summed E-state index contributed by atoms with van der Waals surface area (Å²) in [5.41, 5.74) is 0. The highest BCUT2D eigenvalue weighted by Crippen LogP contribution is 2.28. The van der Waals surface area contributed by atoms with Crippen molar-refractivity contribution >= 4 is 11.9 Å². The zero-order valence-electron chi connectivity index (χ0n) is 17.5. The van der Waals surface area contributed by atoms with Crippen LogP contribution in [-0.4, -0.2) is 25.2 Å². The molecule has 0 saturated carbocycles. The van der Waals surface area contributed by atoms with E-state index in [4.69, 9.17) is 9.47 Å². The van der Waals surface area contributed by atoms with Gasteiger partial charge in [0.2, 0.25) is 0 Å². The maximum Gasteiger partial charge on any atom is 0.310 e. The van der Waals surface area contributed by atoms with Crippen molar-refractivity contribution in [3.8, 4) is 0 Å². The smallest absolute Gasteiger partial charge is 0.310 e. The van der Waals surface area contributed by atoms with Gasteiger partial charge in [0, 0.05) is 0 Å². The fraction of sp³-hybridized carbons (Fsp3) is 0.826. The second-order valence-electron chi connectivity index (χ2n) is 7.67. The summed E-state index contributed by atoms with van der Waals surface area (Å²) in [6.07, 6.45) is 17.9. The van der Waals surface area contributed by atoms with E-state index in [1.54, 1.807) is 0 Å². The molecular weight excluding hydrogens is 340 g/mol. The number of esters is 2. The number of ether oxygens (including phenoxy) is 2. The van der Waals surface area contributed by atoms with E-state index >= 15 is 0 Å². The van der Waals surface area contributed by atoms with Crippen molar-refractivity contribution in [1.29, 1.82) is 0 Å². The Morgan fingerprint density at radius 2 is 1.04 bits per heavy atom. The molecule has 0 aliphatic heterocycles. The Hall–Kier alpha value is -1.32. The van der Waals surface area contributed by atoms with Crippen LogP contribution in [0.5, 0.6) is 0 Å². The van der Waals surface area contributed by atoms with E-state index in [2.05, 4.69) is 13.8 Å². The van der Waals surface area contributed by atoms with Crippen molar-refractivity contribution in [3.63, 3.8) is 0 Å². The van der Waals surface area contributed by atoms with Gasteiger partial charge in [-0.2, -0.15) is 0 Å². The van der Waals surface area contributed by atoms with E-state index in [0.717, 1.165) is 32.1 Å². The van der Waals surface area contributed by atoms with Gasteiger partial charge in [-0.05, 0) is 25.7 Å². The predicted octanol–water partition coefficient (Wildman–Crippen LogP) is 5.99. The molecule has 0 aromatic rings. The van der Waals surface area contributed by atoms with Crippen LogP contribution < -0.4 is 0 Å². The highest BCUT2D eigenvalue weighted by molar-refractivity contribution is 5.82. The summed E-state index contributed by atoms with van der Waals surface area (Å²) in [5.74, 6) is -1.26. The summed E-state index contributed by atoms with van der Waals surface area (Å²) >= 11 is 0. The lowest BCUT2D eigenvalue weighted by molar-refractivity contribution is -0.161. The molecule has 4 heteroatoms. The van der Waals surface area contributed by atoms with Crippen molar-refractivity contribution in [2.75, 3.05) is 13.2 Å². The van der Waals surface area contributed by atoms with Crippen molar-refractivity contribution in [3.05, 3.63) is 12.2 Å². The molecule has 1 aliphatic rings. The molecule has 156 valence electrons. The number of hydrogen-bond donors (Lipinski definition) is 0. The average Bonchev–Trinajstić information content (AvgIpc) is 2.69. The van der Waals surface area contributed by atoms with Crippen molar-refractivity contribution < 1.29 is 19.1 Å². The third-order valence-electron chi connectivity index (χ3n) is 5.27. The van der Waals surface area contributed by atoms with E-state index in [1.165, 1.54) is 38.5 Å². The molecule has 0 amide bonds. The number of hydrogen-bond acceptors (Lipinski definition) is 4. The van der Waals surface area contributed by atoms with Gasteiger partial charge in [0.25, 0.3) is 0 Å². The Balaban J connectivity index is 2.22. The van der Waals surface area contributed by atoms with Crippen LogP contribution in [0.3, 0.4) is 0 Å². The van der Waals surface area contributed by atoms with Gasteiger partial charge in [-0.1, -0.05) is 83.8 Å². The van der Waals surface area contributed by atoms with Crippen LogP contribution in [-0.2, 0) is 19.1 Å². The van der Waals surface area contributed by atoms with Crippen molar-refractivity contribution in [2.24, 2.45) is 11.8 Å².